The summed E-state index contributed by atoms with van der Waals surface area (Å²) in [5.41, 5.74) is 4.32. The molecule has 1 atom stereocenters. The maximum absolute atomic E-state index is 3.78. The van der Waals surface area contributed by atoms with E-state index in [1.165, 1.54) is 16.7 Å². The smallest absolute Gasteiger partial charge is 0.00664 e. The molecule has 0 aromatic carbocycles. The van der Waals surface area contributed by atoms with Crippen LogP contribution >= 0.6 is 0 Å². The van der Waals surface area contributed by atoms with Gasteiger partial charge in [0.2, 0.25) is 0 Å². The molecule has 1 aliphatic rings. The highest BCUT2D eigenvalue weighted by Gasteiger charge is 2.23. The predicted molar refractivity (Wildman–Crippen MR) is 91.6 cm³/mol. The van der Waals surface area contributed by atoms with Gasteiger partial charge in [0.25, 0.3) is 0 Å². The summed E-state index contributed by atoms with van der Waals surface area (Å²) in [5.74, 6) is 0.426. The summed E-state index contributed by atoms with van der Waals surface area (Å²) in [6.45, 7) is 14.9. The molecule has 0 bridgehead atoms. The number of hydrogen-bond donors (Lipinski definition) is 0. The highest BCUT2D eigenvalue weighted by molar-refractivity contribution is 5.42. The monoisotopic (exact) mass is 268 g/mol. The molecule has 0 heteroatoms. The Labute approximate surface area is 125 Å². The third kappa shape index (κ3) is 4.85. The number of hydrogen-bond acceptors (Lipinski definition) is 0. The van der Waals surface area contributed by atoms with Crippen molar-refractivity contribution in [3.8, 4) is 0 Å². The third-order valence-corrected chi connectivity index (χ3v) is 3.81. The van der Waals surface area contributed by atoms with Crippen LogP contribution in [0.3, 0.4) is 0 Å². The van der Waals surface area contributed by atoms with Crippen molar-refractivity contribution in [2.24, 2.45) is 11.3 Å². The van der Waals surface area contributed by atoms with Crippen LogP contribution in [0, 0.1) is 11.3 Å². The quantitative estimate of drug-likeness (QED) is 0.413. The number of allylic oxidation sites excluding steroid dienone is 11. The van der Waals surface area contributed by atoms with Crippen molar-refractivity contribution < 1.29 is 0 Å². The highest BCUT2D eigenvalue weighted by atomic mass is 14.3. The summed E-state index contributed by atoms with van der Waals surface area (Å²) in [4.78, 5) is 0. The van der Waals surface area contributed by atoms with Crippen LogP contribution < -0.4 is 0 Å². The summed E-state index contributed by atoms with van der Waals surface area (Å²) in [5, 5.41) is 0. The molecule has 108 valence electrons. The SMILES string of the molecule is C=CC(C)/C=C/C=C(C)/C=C/C1=C(C)C=CCC1(C)C. The molecular formula is C20H28. The first-order valence-corrected chi connectivity index (χ1v) is 7.40. The van der Waals surface area contributed by atoms with Crippen LogP contribution in [-0.4, -0.2) is 0 Å². The van der Waals surface area contributed by atoms with Gasteiger partial charge in [-0.15, -0.1) is 6.58 Å². The fraction of sp³-hybridized carbons (Fsp3) is 0.400. The van der Waals surface area contributed by atoms with Crippen LogP contribution in [0.2, 0.25) is 0 Å². The summed E-state index contributed by atoms with van der Waals surface area (Å²) in [6, 6.07) is 0. The van der Waals surface area contributed by atoms with E-state index in [4.69, 9.17) is 0 Å². The van der Waals surface area contributed by atoms with Gasteiger partial charge in [-0.3, -0.25) is 0 Å². The van der Waals surface area contributed by atoms with E-state index >= 15 is 0 Å². The Morgan fingerprint density at radius 2 is 2.10 bits per heavy atom. The second-order valence-corrected chi connectivity index (χ2v) is 6.31. The molecule has 20 heavy (non-hydrogen) atoms. The van der Waals surface area contributed by atoms with Gasteiger partial charge in [-0.25, -0.2) is 0 Å². The summed E-state index contributed by atoms with van der Waals surface area (Å²) >= 11 is 0. The van der Waals surface area contributed by atoms with Crippen molar-refractivity contribution in [2.75, 3.05) is 0 Å². The Morgan fingerprint density at radius 1 is 1.40 bits per heavy atom. The molecule has 0 nitrogen and oxygen atoms in total. The molecule has 0 spiro atoms. The van der Waals surface area contributed by atoms with E-state index in [0.29, 0.717) is 5.92 Å². The average molecular weight is 268 g/mol. The molecule has 0 fully saturated rings. The van der Waals surface area contributed by atoms with Gasteiger partial charge in [0.05, 0.1) is 0 Å². The van der Waals surface area contributed by atoms with E-state index < -0.39 is 0 Å². The summed E-state index contributed by atoms with van der Waals surface area (Å²) < 4.78 is 0. The molecule has 0 aliphatic heterocycles. The maximum Gasteiger partial charge on any atom is -0.00664 e. The molecule has 0 N–H and O–H groups in total. The van der Waals surface area contributed by atoms with Gasteiger partial charge in [-0.05, 0) is 42.7 Å². The fourth-order valence-corrected chi connectivity index (χ4v) is 2.35. The van der Waals surface area contributed by atoms with Crippen LogP contribution in [-0.2, 0) is 0 Å². The molecule has 0 radical (unpaired) electrons. The standard InChI is InChI=1S/C20H28/c1-7-16(2)10-8-11-17(3)13-14-19-18(4)12-9-15-20(19,5)6/h7-14,16H,1,15H2,2-6H3/b10-8+,14-13+,17-11+. The van der Waals surface area contributed by atoms with Crippen LogP contribution in [0.25, 0.3) is 0 Å². The second kappa shape index (κ2) is 7.28. The van der Waals surface area contributed by atoms with E-state index in [1.807, 2.05) is 6.08 Å². The molecule has 0 saturated heterocycles. The van der Waals surface area contributed by atoms with Crippen molar-refractivity contribution in [1.29, 1.82) is 0 Å². The Morgan fingerprint density at radius 3 is 2.70 bits per heavy atom. The molecule has 1 unspecified atom stereocenters. The minimum atomic E-state index is 0.239. The van der Waals surface area contributed by atoms with Crippen LogP contribution in [0.4, 0.5) is 0 Å². The third-order valence-electron chi connectivity index (χ3n) is 3.81. The fourth-order valence-electron chi connectivity index (χ4n) is 2.35. The van der Waals surface area contributed by atoms with E-state index in [2.05, 4.69) is 83.7 Å². The van der Waals surface area contributed by atoms with Crippen LogP contribution in [0.15, 0.2) is 71.9 Å². The first kappa shape index (κ1) is 16.5. The van der Waals surface area contributed by atoms with E-state index in [-0.39, 0.29) is 5.41 Å². The lowest BCUT2D eigenvalue weighted by Gasteiger charge is -2.29. The number of rotatable bonds is 5. The minimum absolute atomic E-state index is 0.239. The summed E-state index contributed by atoms with van der Waals surface area (Å²) in [6.07, 6.45) is 18.5. The van der Waals surface area contributed by atoms with Gasteiger partial charge >= 0.3 is 0 Å². The topological polar surface area (TPSA) is 0 Å². The zero-order valence-corrected chi connectivity index (χ0v) is 13.6. The van der Waals surface area contributed by atoms with Gasteiger partial charge < -0.3 is 0 Å². The lowest BCUT2D eigenvalue weighted by Crippen LogP contribution is -2.16. The first-order chi connectivity index (χ1) is 9.36. The van der Waals surface area contributed by atoms with Crippen molar-refractivity contribution in [3.05, 3.63) is 71.9 Å². The predicted octanol–water partition coefficient (Wildman–Crippen LogP) is 6.17. The van der Waals surface area contributed by atoms with E-state index in [0.717, 1.165) is 6.42 Å². The zero-order chi connectivity index (χ0) is 15.2. The average Bonchev–Trinajstić information content (AvgIpc) is 2.37. The molecular weight excluding hydrogens is 240 g/mol. The Kier molecular flexibility index (Phi) is 6.01. The van der Waals surface area contributed by atoms with Gasteiger partial charge in [0.15, 0.2) is 0 Å². The van der Waals surface area contributed by atoms with Crippen molar-refractivity contribution >= 4 is 0 Å². The zero-order valence-electron chi connectivity index (χ0n) is 13.6. The molecule has 1 rings (SSSR count). The molecule has 0 amide bonds. The van der Waals surface area contributed by atoms with Gasteiger partial charge in [0.1, 0.15) is 0 Å². The highest BCUT2D eigenvalue weighted by Crippen LogP contribution is 2.37. The van der Waals surface area contributed by atoms with E-state index in [1.54, 1.807) is 0 Å². The normalized spacial score (nSPS) is 20.9. The van der Waals surface area contributed by atoms with Gasteiger partial charge in [-0.1, -0.05) is 75.0 Å². The Hall–Kier alpha value is -1.56. The lowest BCUT2D eigenvalue weighted by atomic mass is 9.75. The summed E-state index contributed by atoms with van der Waals surface area (Å²) in [7, 11) is 0. The lowest BCUT2D eigenvalue weighted by molar-refractivity contribution is 0.456. The molecule has 0 aromatic rings. The van der Waals surface area contributed by atoms with Crippen LogP contribution in [0.1, 0.15) is 41.0 Å². The Bertz CT molecular complexity index is 490. The van der Waals surface area contributed by atoms with Crippen LogP contribution in [0.5, 0.6) is 0 Å². The largest absolute Gasteiger partial charge is 0.102 e. The molecule has 0 heterocycles. The van der Waals surface area contributed by atoms with Gasteiger partial charge in [-0.2, -0.15) is 0 Å². The van der Waals surface area contributed by atoms with Gasteiger partial charge in [0, 0.05) is 0 Å². The van der Waals surface area contributed by atoms with Crippen molar-refractivity contribution in [1.82, 2.24) is 0 Å². The van der Waals surface area contributed by atoms with Crippen molar-refractivity contribution in [3.63, 3.8) is 0 Å². The molecule has 0 saturated carbocycles. The Balaban J connectivity index is 2.81. The maximum atomic E-state index is 3.78. The second-order valence-electron chi connectivity index (χ2n) is 6.31. The molecule has 1 aliphatic carbocycles. The van der Waals surface area contributed by atoms with E-state index in [9.17, 15) is 0 Å². The first-order valence-electron chi connectivity index (χ1n) is 7.40. The molecule has 0 aromatic heterocycles. The van der Waals surface area contributed by atoms with Crippen molar-refractivity contribution in [2.45, 2.75) is 41.0 Å². The minimum Gasteiger partial charge on any atom is -0.102 e.